The van der Waals surface area contributed by atoms with Crippen LogP contribution in [-0.2, 0) is 14.3 Å². The van der Waals surface area contributed by atoms with Gasteiger partial charge in [-0.2, -0.15) is 0 Å². The molecule has 5 N–H and O–H groups in total. The van der Waals surface area contributed by atoms with Crippen molar-refractivity contribution in [2.45, 2.75) is 56.1 Å². The highest BCUT2D eigenvalue weighted by atomic mass is 35.5. The molecule has 0 radical (unpaired) electrons. The molecular weight excluding hydrogens is 444 g/mol. The number of halogens is 1. The molecule has 0 spiro atoms. The molecule has 0 saturated heterocycles. The first kappa shape index (κ1) is 25.6. The van der Waals surface area contributed by atoms with Gasteiger partial charge in [0.1, 0.15) is 24.4 Å². The maximum Gasteiger partial charge on any atom is 0.252 e. The number of anilines is 1. The van der Waals surface area contributed by atoms with Crippen molar-refractivity contribution >= 4 is 40.9 Å². The first-order chi connectivity index (χ1) is 14.4. The summed E-state index contributed by atoms with van der Waals surface area (Å²) in [5.41, 5.74) is 0.347. The molecular formula is C21H29ClN2O6S. The third kappa shape index (κ3) is 7.20. The number of rotatable bonds is 7. The van der Waals surface area contributed by atoms with Gasteiger partial charge in [-0.15, -0.1) is 11.8 Å². The van der Waals surface area contributed by atoms with E-state index in [1.165, 1.54) is 24.9 Å². The van der Waals surface area contributed by atoms with Crippen molar-refractivity contribution in [2.24, 2.45) is 5.41 Å². The molecule has 1 aliphatic rings. The van der Waals surface area contributed by atoms with Crippen LogP contribution in [0.25, 0.3) is 0 Å². The molecule has 31 heavy (non-hydrogen) atoms. The number of amides is 2. The van der Waals surface area contributed by atoms with Gasteiger partial charge in [-0.3, -0.25) is 9.59 Å². The Kier molecular flexibility index (Phi) is 8.93. The quantitative estimate of drug-likeness (QED) is 0.381. The molecule has 0 aliphatic carbocycles. The highest BCUT2D eigenvalue weighted by Crippen LogP contribution is 2.33. The number of methoxy groups -OCH3 is 1. The highest BCUT2D eigenvalue weighted by molar-refractivity contribution is 7.99. The van der Waals surface area contributed by atoms with E-state index < -0.39 is 42.3 Å². The number of thioether (sulfide) groups is 1. The first-order valence-electron chi connectivity index (χ1n) is 9.73. The van der Waals surface area contributed by atoms with Crippen LogP contribution in [0.3, 0.4) is 0 Å². The number of hydrogen-bond donors (Lipinski definition) is 5. The van der Waals surface area contributed by atoms with Gasteiger partial charge in [-0.1, -0.05) is 44.5 Å². The number of aliphatic hydroxyl groups excluding tert-OH is 3. The largest absolute Gasteiger partial charge is 0.387 e. The molecule has 1 aromatic rings. The first-order valence-corrected chi connectivity index (χ1v) is 11.1. The number of carbonyl (C=O) groups excluding carboxylic acids is 2. The standard InChI is InChI=1S/C21H29ClN2O6S/c1-21(2,3)8-7-14(25)16(26)17(27)18(30-4)20(29)24-13-10-31-15-9-11(22)5-6-12(15)23-19(13)28/h5-9,13-14,16-18,25-27H,10H2,1-4H3,(H,23,28)(H,24,29)/b8-7+/t13-,14+,16?,17+,18?/m0/s1. The van der Waals surface area contributed by atoms with Gasteiger partial charge in [0, 0.05) is 22.8 Å². The van der Waals surface area contributed by atoms with Crippen molar-refractivity contribution < 1.29 is 29.6 Å². The third-order valence-corrected chi connectivity index (χ3v) is 5.94. The van der Waals surface area contributed by atoms with E-state index in [0.29, 0.717) is 10.7 Å². The second-order valence-electron chi connectivity index (χ2n) is 8.36. The van der Waals surface area contributed by atoms with Gasteiger partial charge in [0.25, 0.3) is 5.91 Å². The summed E-state index contributed by atoms with van der Waals surface area (Å²) in [6.45, 7) is 5.73. The maximum atomic E-state index is 12.7. The molecule has 1 heterocycles. The number of allylic oxidation sites excluding steroid dienone is 1. The van der Waals surface area contributed by atoms with E-state index in [0.717, 1.165) is 4.90 Å². The fraction of sp³-hybridized carbons (Fsp3) is 0.524. The zero-order valence-corrected chi connectivity index (χ0v) is 19.4. The van der Waals surface area contributed by atoms with E-state index in [-0.39, 0.29) is 11.2 Å². The summed E-state index contributed by atoms with van der Waals surface area (Å²) in [5, 5.41) is 36.6. The maximum absolute atomic E-state index is 12.7. The average molecular weight is 473 g/mol. The van der Waals surface area contributed by atoms with Crippen molar-refractivity contribution in [1.82, 2.24) is 5.32 Å². The lowest BCUT2D eigenvalue weighted by Gasteiger charge is -2.28. The Morgan fingerprint density at radius 3 is 2.61 bits per heavy atom. The Hall–Kier alpha value is -1.62. The van der Waals surface area contributed by atoms with Gasteiger partial charge >= 0.3 is 0 Å². The van der Waals surface area contributed by atoms with Gasteiger partial charge in [0.2, 0.25) is 5.91 Å². The van der Waals surface area contributed by atoms with Crippen LogP contribution in [0.2, 0.25) is 5.02 Å². The summed E-state index contributed by atoms with van der Waals surface area (Å²) in [4.78, 5) is 26.0. The minimum Gasteiger partial charge on any atom is -0.387 e. The molecule has 10 heteroatoms. The van der Waals surface area contributed by atoms with Crippen LogP contribution in [0, 0.1) is 5.41 Å². The lowest BCUT2D eigenvalue weighted by Crippen LogP contribution is -2.55. The Morgan fingerprint density at radius 2 is 2.00 bits per heavy atom. The van der Waals surface area contributed by atoms with Crippen LogP contribution in [0.15, 0.2) is 35.2 Å². The summed E-state index contributed by atoms with van der Waals surface area (Å²) in [5.74, 6) is -0.984. The summed E-state index contributed by atoms with van der Waals surface area (Å²) < 4.78 is 5.06. The van der Waals surface area contributed by atoms with E-state index in [4.69, 9.17) is 16.3 Å². The molecule has 8 nitrogen and oxygen atoms in total. The molecule has 0 saturated carbocycles. The van der Waals surface area contributed by atoms with Gasteiger partial charge in [0.05, 0.1) is 5.69 Å². The molecule has 5 atom stereocenters. The topological polar surface area (TPSA) is 128 Å². The molecule has 0 aromatic heterocycles. The second-order valence-corrected chi connectivity index (χ2v) is 9.85. The van der Waals surface area contributed by atoms with Crippen LogP contribution in [-0.4, -0.2) is 70.5 Å². The Balaban J connectivity index is 2.05. The zero-order chi connectivity index (χ0) is 23.3. The highest BCUT2D eigenvalue weighted by Gasteiger charge is 2.37. The average Bonchev–Trinajstić information content (AvgIpc) is 2.84. The van der Waals surface area contributed by atoms with Gasteiger partial charge < -0.3 is 30.7 Å². The lowest BCUT2D eigenvalue weighted by atomic mass is 9.94. The van der Waals surface area contributed by atoms with E-state index in [2.05, 4.69) is 10.6 Å². The number of hydrogen-bond acceptors (Lipinski definition) is 7. The molecule has 0 bridgehead atoms. The zero-order valence-electron chi connectivity index (χ0n) is 17.8. The Labute approximate surface area is 191 Å². The van der Waals surface area contributed by atoms with E-state index >= 15 is 0 Å². The second kappa shape index (κ2) is 10.8. The van der Waals surface area contributed by atoms with E-state index in [9.17, 15) is 24.9 Å². The number of ether oxygens (including phenoxy) is 1. The number of nitrogens with one attached hydrogen (secondary N) is 2. The predicted molar refractivity (Wildman–Crippen MR) is 120 cm³/mol. The van der Waals surface area contributed by atoms with E-state index in [1.54, 1.807) is 24.3 Å². The van der Waals surface area contributed by atoms with Crippen LogP contribution in [0.4, 0.5) is 5.69 Å². The molecule has 1 aromatic carbocycles. The fourth-order valence-electron chi connectivity index (χ4n) is 2.83. The minimum absolute atomic E-state index is 0.233. The van der Waals surface area contributed by atoms with Crippen molar-refractivity contribution in [2.75, 3.05) is 18.2 Å². The monoisotopic (exact) mass is 472 g/mol. The summed E-state index contributed by atoms with van der Waals surface area (Å²) in [6.07, 6.45) is -3.25. The van der Waals surface area contributed by atoms with Crippen LogP contribution < -0.4 is 10.6 Å². The Bertz CT molecular complexity index is 829. The number of aliphatic hydroxyl groups is 3. The van der Waals surface area contributed by atoms with Crippen molar-refractivity contribution in [3.63, 3.8) is 0 Å². The summed E-state index contributed by atoms with van der Waals surface area (Å²) in [7, 11) is 1.19. The van der Waals surface area contributed by atoms with Crippen molar-refractivity contribution in [3.8, 4) is 0 Å². The molecule has 2 amide bonds. The predicted octanol–water partition coefficient (Wildman–Crippen LogP) is 1.57. The van der Waals surface area contributed by atoms with Crippen LogP contribution in [0.5, 0.6) is 0 Å². The van der Waals surface area contributed by atoms with Crippen LogP contribution >= 0.6 is 23.4 Å². The molecule has 1 aliphatic heterocycles. The summed E-state index contributed by atoms with van der Waals surface area (Å²) >= 11 is 7.34. The normalized spacial score (nSPS) is 20.9. The fourth-order valence-corrected chi connectivity index (χ4v) is 4.13. The minimum atomic E-state index is -1.72. The molecule has 2 rings (SSSR count). The SMILES string of the molecule is COC(C(=O)N[C@H]1CSc2cc(Cl)ccc2NC1=O)[C@H](O)C(O)[C@H](O)/C=C/C(C)(C)C. The third-order valence-electron chi connectivity index (χ3n) is 4.56. The molecule has 172 valence electrons. The summed E-state index contributed by atoms with van der Waals surface area (Å²) in [6, 6.07) is 4.14. The number of fused-ring (bicyclic) bond motifs is 1. The molecule has 0 fully saturated rings. The van der Waals surface area contributed by atoms with Gasteiger partial charge in [0.15, 0.2) is 6.10 Å². The smallest absolute Gasteiger partial charge is 0.252 e. The van der Waals surface area contributed by atoms with Gasteiger partial charge in [-0.25, -0.2) is 0 Å². The van der Waals surface area contributed by atoms with Crippen molar-refractivity contribution in [3.05, 3.63) is 35.4 Å². The van der Waals surface area contributed by atoms with Crippen molar-refractivity contribution in [1.29, 1.82) is 0 Å². The van der Waals surface area contributed by atoms with E-state index in [1.807, 2.05) is 20.8 Å². The molecule has 2 unspecified atom stereocenters. The number of carbonyl (C=O) groups is 2. The van der Waals surface area contributed by atoms with Crippen LogP contribution in [0.1, 0.15) is 20.8 Å². The van der Waals surface area contributed by atoms with Gasteiger partial charge in [-0.05, 0) is 23.6 Å². The number of benzene rings is 1. The Morgan fingerprint density at radius 1 is 1.32 bits per heavy atom. The lowest BCUT2D eigenvalue weighted by molar-refractivity contribution is -0.150.